The molecule has 6 heteroatoms. The first-order valence-corrected chi connectivity index (χ1v) is 7.42. The van der Waals surface area contributed by atoms with Gasteiger partial charge in [0.15, 0.2) is 0 Å². The van der Waals surface area contributed by atoms with E-state index in [-0.39, 0.29) is 10.6 Å². The lowest BCUT2D eigenvalue weighted by atomic mass is 9.94. The van der Waals surface area contributed by atoms with Gasteiger partial charge in [-0.25, -0.2) is 0 Å². The Labute approximate surface area is 124 Å². The number of nitrogens with one attached hydrogen (secondary N) is 1. The van der Waals surface area contributed by atoms with Crippen molar-refractivity contribution in [3.8, 4) is 0 Å². The van der Waals surface area contributed by atoms with Gasteiger partial charge in [-0.1, -0.05) is 6.07 Å². The summed E-state index contributed by atoms with van der Waals surface area (Å²) in [5.74, 6) is 0. The maximum absolute atomic E-state index is 10.9. The third-order valence-electron chi connectivity index (χ3n) is 3.91. The second kappa shape index (κ2) is 7.38. The maximum atomic E-state index is 10.9. The molecule has 0 heterocycles. The van der Waals surface area contributed by atoms with Crippen LogP contribution in [-0.4, -0.2) is 30.2 Å². The van der Waals surface area contributed by atoms with Crippen LogP contribution < -0.4 is 11.1 Å². The molecule has 116 valence electrons. The number of nitro groups is 1. The molecule has 21 heavy (non-hydrogen) atoms. The van der Waals surface area contributed by atoms with Crippen LogP contribution in [0, 0.1) is 17.0 Å². The van der Waals surface area contributed by atoms with E-state index in [1.165, 1.54) is 0 Å². The van der Waals surface area contributed by atoms with E-state index in [0.717, 1.165) is 31.4 Å². The standard InChI is InChI=1S/C15H23N3O3/c1-11-2-5-13(10-15(11)18(19)20)17-8-9-21-14-6-3-12(16)4-7-14/h2,5,10,12,14,17H,3-4,6-9,16H2,1H3. The summed E-state index contributed by atoms with van der Waals surface area (Å²) in [4.78, 5) is 10.5. The molecule has 0 atom stereocenters. The number of nitrogens with zero attached hydrogens (tertiary/aromatic N) is 1. The Morgan fingerprint density at radius 2 is 2.10 bits per heavy atom. The van der Waals surface area contributed by atoms with Gasteiger partial charge in [-0.3, -0.25) is 10.1 Å². The summed E-state index contributed by atoms with van der Waals surface area (Å²) < 4.78 is 5.80. The summed E-state index contributed by atoms with van der Waals surface area (Å²) in [7, 11) is 0. The zero-order chi connectivity index (χ0) is 15.2. The number of hydrogen-bond donors (Lipinski definition) is 2. The van der Waals surface area contributed by atoms with Gasteiger partial charge >= 0.3 is 0 Å². The number of anilines is 1. The van der Waals surface area contributed by atoms with Crippen LogP contribution in [0.1, 0.15) is 31.2 Å². The monoisotopic (exact) mass is 293 g/mol. The number of ether oxygens (including phenoxy) is 1. The van der Waals surface area contributed by atoms with Crippen LogP contribution in [0.3, 0.4) is 0 Å². The molecule has 0 amide bonds. The molecule has 3 N–H and O–H groups in total. The van der Waals surface area contributed by atoms with Gasteiger partial charge in [0.2, 0.25) is 0 Å². The second-order valence-corrected chi connectivity index (χ2v) is 5.59. The van der Waals surface area contributed by atoms with Crippen molar-refractivity contribution >= 4 is 11.4 Å². The number of benzene rings is 1. The predicted molar refractivity (Wildman–Crippen MR) is 82.5 cm³/mol. The quantitative estimate of drug-likeness (QED) is 0.478. The van der Waals surface area contributed by atoms with E-state index >= 15 is 0 Å². The number of hydrogen-bond acceptors (Lipinski definition) is 5. The van der Waals surface area contributed by atoms with Gasteiger partial charge in [0.05, 0.1) is 17.6 Å². The van der Waals surface area contributed by atoms with Crippen molar-refractivity contribution in [1.29, 1.82) is 0 Å². The summed E-state index contributed by atoms with van der Waals surface area (Å²) in [5, 5.41) is 14.0. The van der Waals surface area contributed by atoms with Crippen molar-refractivity contribution < 1.29 is 9.66 Å². The summed E-state index contributed by atoms with van der Waals surface area (Å²) in [6, 6.07) is 5.50. The van der Waals surface area contributed by atoms with Gasteiger partial charge in [0.1, 0.15) is 0 Å². The van der Waals surface area contributed by atoms with Crippen LogP contribution >= 0.6 is 0 Å². The van der Waals surface area contributed by atoms with E-state index in [9.17, 15) is 10.1 Å². The van der Waals surface area contributed by atoms with Crippen LogP contribution in [0.2, 0.25) is 0 Å². The van der Waals surface area contributed by atoms with Crippen molar-refractivity contribution in [3.63, 3.8) is 0 Å². The van der Waals surface area contributed by atoms with Crippen LogP contribution in [0.25, 0.3) is 0 Å². The largest absolute Gasteiger partial charge is 0.383 e. The minimum absolute atomic E-state index is 0.141. The van der Waals surface area contributed by atoms with Crippen molar-refractivity contribution in [3.05, 3.63) is 33.9 Å². The minimum Gasteiger partial charge on any atom is -0.383 e. The van der Waals surface area contributed by atoms with Gasteiger partial charge in [-0.15, -0.1) is 0 Å². The molecule has 0 saturated heterocycles. The SMILES string of the molecule is Cc1ccc(NCCOC2CCC(N)CC2)cc1[N+](=O)[O-]. The van der Waals surface area contributed by atoms with Crippen LogP contribution in [0.4, 0.5) is 11.4 Å². The normalized spacial score (nSPS) is 22.0. The molecule has 6 nitrogen and oxygen atoms in total. The Kier molecular flexibility index (Phi) is 5.52. The highest BCUT2D eigenvalue weighted by molar-refractivity contribution is 5.54. The lowest BCUT2D eigenvalue weighted by Gasteiger charge is -2.26. The fourth-order valence-electron chi connectivity index (χ4n) is 2.59. The first-order valence-electron chi connectivity index (χ1n) is 7.42. The summed E-state index contributed by atoms with van der Waals surface area (Å²) in [5.41, 5.74) is 7.41. The van der Waals surface area contributed by atoms with E-state index in [0.29, 0.717) is 30.9 Å². The molecule has 1 aliphatic carbocycles. The Balaban J connectivity index is 1.73. The van der Waals surface area contributed by atoms with Crippen LogP contribution in [0.15, 0.2) is 18.2 Å². The fourth-order valence-corrected chi connectivity index (χ4v) is 2.59. The molecule has 0 spiro atoms. The van der Waals surface area contributed by atoms with Crippen LogP contribution in [0.5, 0.6) is 0 Å². The lowest BCUT2D eigenvalue weighted by Crippen LogP contribution is -2.31. The molecule has 1 fully saturated rings. The van der Waals surface area contributed by atoms with E-state index < -0.39 is 0 Å². The molecular weight excluding hydrogens is 270 g/mol. The van der Waals surface area contributed by atoms with Crippen LogP contribution in [-0.2, 0) is 4.74 Å². The van der Waals surface area contributed by atoms with Crippen molar-refractivity contribution in [2.24, 2.45) is 5.73 Å². The topological polar surface area (TPSA) is 90.4 Å². The molecule has 0 unspecified atom stereocenters. The smallest absolute Gasteiger partial charge is 0.274 e. The third-order valence-corrected chi connectivity index (χ3v) is 3.91. The molecule has 1 aromatic rings. The van der Waals surface area contributed by atoms with Gasteiger partial charge in [-0.05, 0) is 38.7 Å². The lowest BCUT2D eigenvalue weighted by molar-refractivity contribution is -0.385. The Hall–Kier alpha value is -1.66. The Morgan fingerprint density at radius 3 is 2.76 bits per heavy atom. The highest BCUT2D eigenvalue weighted by Gasteiger charge is 2.18. The van der Waals surface area contributed by atoms with E-state index in [1.807, 2.05) is 6.07 Å². The second-order valence-electron chi connectivity index (χ2n) is 5.59. The number of rotatable bonds is 6. The predicted octanol–water partition coefficient (Wildman–Crippen LogP) is 2.60. The Bertz CT molecular complexity index is 485. The van der Waals surface area contributed by atoms with E-state index in [1.54, 1.807) is 19.1 Å². The van der Waals surface area contributed by atoms with E-state index in [4.69, 9.17) is 10.5 Å². The number of nitro benzene ring substituents is 1. The fraction of sp³-hybridized carbons (Fsp3) is 0.600. The van der Waals surface area contributed by atoms with Gasteiger partial charge in [-0.2, -0.15) is 0 Å². The molecule has 0 bridgehead atoms. The molecule has 1 aromatic carbocycles. The molecule has 1 saturated carbocycles. The average Bonchev–Trinajstić information content (AvgIpc) is 2.46. The maximum Gasteiger partial charge on any atom is 0.274 e. The Morgan fingerprint density at radius 1 is 1.38 bits per heavy atom. The van der Waals surface area contributed by atoms with Gasteiger partial charge in [0, 0.05) is 29.9 Å². The zero-order valence-corrected chi connectivity index (χ0v) is 12.4. The first kappa shape index (κ1) is 15.7. The highest BCUT2D eigenvalue weighted by Crippen LogP contribution is 2.22. The third kappa shape index (κ3) is 4.68. The van der Waals surface area contributed by atoms with Crippen molar-refractivity contribution in [2.75, 3.05) is 18.5 Å². The first-order chi connectivity index (χ1) is 10.1. The van der Waals surface area contributed by atoms with Gasteiger partial charge < -0.3 is 15.8 Å². The van der Waals surface area contributed by atoms with Crippen molar-refractivity contribution in [2.45, 2.75) is 44.8 Å². The molecule has 1 aliphatic rings. The van der Waals surface area contributed by atoms with E-state index in [2.05, 4.69) is 5.32 Å². The molecule has 0 radical (unpaired) electrons. The summed E-state index contributed by atoms with van der Waals surface area (Å²) in [6.45, 7) is 2.98. The molecule has 2 rings (SSSR count). The molecule has 0 aromatic heterocycles. The summed E-state index contributed by atoms with van der Waals surface area (Å²) >= 11 is 0. The average molecular weight is 293 g/mol. The molecular formula is C15H23N3O3. The number of nitrogens with two attached hydrogens (primary N) is 1. The highest BCUT2D eigenvalue weighted by atomic mass is 16.6. The minimum atomic E-state index is -0.359. The molecule has 0 aliphatic heterocycles. The van der Waals surface area contributed by atoms with Gasteiger partial charge in [0.25, 0.3) is 5.69 Å². The zero-order valence-electron chi connectivity index (χ0n) is 12.4. The van der Waals surface area contributed by atoms with Crippen molar-refractivity contribution in [1.82, 2.24) is 0 Å². The summed E-state index contributed by atoms with van der Waals surface area (Å²) in [6.07, 6.45) is 4.41. The number of aryl methyl sites for hydroxylation is 1.